The van der Waals surface area contributed by atoms with E-state index in [1.54, 1.807) is 6.07 Å². The van der Waals surface area contributed by atoms with Crippen molar-refractivity contribution in [2.75, 3.05) is 5.73 Å². The van der Waals surface area contributed by atoms with Crippen molar-refractivity contribution in [2.24, 2.45) is 0 Å². The van der Waals surface area contributed by atoms with E-state index >= 15 is 0 Å². The zero-order valence-electron chi connectivity index (χ0n) is 9.82. The van der Waals surface area contributed by atoms with Gasteiger partial charge in [0.1, 0.15) is 11.5 Å². The Hall–Kier alpha value is -2.47. The molecule has 19 heavy (non-hydrogen) atoms. The summed E-state index contributed by atoms with van der Waals surface area (Å²) >= 11 is 1.36. The number of para-hydroxylation sites is 2. The van der Waals surface area contributed by atoms with Crippen LogP contribution in [0.2, 0.25) is 0 Å². The summed E-state index contributed by atoms with van der Waals surface area (Å²) in [5.41, 5.74) is 8.49. The van der Waals surface area contributed by atoms with Gasteiger partial charge in [-0.1, -0.05) is 18.2 Å². The Labute approximate surface area is 112 Å². The maximum atomic E-state index is 5.74. The Balaban J connectivity index is 2.10. The van der Waals surface area contributed by atoms with Gasteiger partial charge in [-0.25, -0.2) is 9.97 Å². The molecule has 92 valence electrons. The van der Waals surface area contributed by atoms with E-state index in [0.29, 0.717) is 5.82 Å². The lowest BCUT2D eigenvalue weighted by molar-refractivity contribution is 1.18. The zero-order valence-corrected chi connectivity index (χ0v) is 10.6. The molecule has 1 aromatic carbocycles. The van der Waals surface area contributed by atoms with Gasteiger partial charge in [0.25, 0.3) is 0 Å². The van der Waals surface area contributed by atoms with Gasteiger partial charge < -0.3 is 5.73 Å². The number of anilines is 1. The predicted molar refractivity (Wildman–Crippen MR) is 76.0 cm³/mol. The number of nitrogen functional groups attached to an aromatic ring is 1. The van der Waals surface area contributed by atoms with E-state index in [2.05, 4.69) is 14.3 Å². The number of benzene rings is 1. The highest BCUT2D eigenvalue weighted by Crippen LogP contribution is 2.26. The molecule has 0 saturated heterocycles. The number of hydrogen-bond acceptors (Lipinski definition) is 5. The van der Waals surface area contributed by atoms with Crippen LogP contribution in [0.1, 0.15) is 0 Å². The van der Waals surface area contributed by atoms with Gasteiger partial charge in [0, 0.05) is 11.5 Å². The van der Waals surface area contributed by atoms with Crippen LogP contribution in [0.25, 0.3) is 27.5 Å². The first kappa shape index (κ1) is 10.5. The van der Waals surface area contributed by atoms with Crippen LogP contribution in [0.5, 0.6) is 0 Å². The Kier molecular flexibility index (Phi) is 2.07. The summed E-state index contributed by atoms with van der Waals surface area (Å²) in [7, 11) is 0. The second kappa shape index (κ2) is 3.76. The first-order chi connectivity index (χ1) is 9.33. The number of pyridine rings is 1. The minimum absolute atomic E-state index is 0.489. The minimum Gasteiger partial charge on any atom is -0.384 e. The van der Waals surface area contributed by atoms with Crippen LogP contribution >= 0.6 is 11.5 Å². The molecule has 6 heteroatoms. The van der Waals surface area contributed by atoms with Crippen LogP contribution in [0.3, 0.4) is 0 Å². The summed E-state index contributed by atoms with van der Waals surface area (Å²) in [4.78, 5) is 9.73. The Bertz CT molecular complexity index is 892. The van der Waals surface area contributed by atoms with Gasteiger partial charge in [-0.05, 0) is 24.3 Å². The summed E-state index contributed by atoms with van der Waals surface area (Å²) in [5.74, 6) is 1.27. The number of hydrogen-bond donors (Lipinski definition) is 1. The van der Waals surface area contributed by atoms with Crippen molar-refractivity contribution < 1.29 is 0 Å². The smallest absolute Gasteiger partial charge is 0.214 e. The zero-order chi connectivity index (χ0) is 12.8. The molecule has 0 spiro atoms. The van der Waals surface area contributed by atoms with Gasteiger partial charge in [0.2, 0.25) is 4.96 Å². The van der Waals surface area contributed by atoms with Gasteiger partial charge in [-0.2, -0.15) is 4.37 Å². The highest BCUT2D eigenvalue weighted by Gasteiger charge is 2.14. The Morgan fingerprint density at radius 2 is 1.89 bits per heavy atom. The number of fused-ring (bicyclic) bond motifs is 3. The minimum atomic E-state index is 0.489. The average molecular weight is 267 g/mol. The molecule has 0 bridgehead atoms. The predicted octanol–water partition coefficient (Wildman–Crippen LogP) is 2.59. The number of nitrogens with zero attached hydrogens (tertiary/aromatic N) is 4. The Morgan fingerprint density at radius 3 is 2.79 bits per heavy atom. The maximum Gasteiger partial charge on any atom is 0.214 e. The molecule has 0 aliphatic heterocycles. The van der Waals surface area contributed by atoms with Gasteiger partial charge in [0.15, 0.2) is 5.82 Å². The van der Waals surface area contributed by atoms with Gasteiger partial charge in [-0.15, -0.1) is 0 Å². The Morgan fingerprint density at radius 1 is 1.00 bits per heavy atom. The summed E-state index contributed by atoms with van der Waals surface area (Å²) in [6.45, 7) is 0. The second-order valence-corrected chi connectivity index (χ2v) is 4.90. The molecule has 0 fully saturated rings. The maximum absolute atomic E-state index is 5.74. The normalized spacial score (nSPS) is 11.4. The van der Waals surface area contributed by atoms with Crippen molar-refractivity contribution in [2.45, 2.75) is 0 Å². The molecular weight excluding hydrogens is 258 g/mol. The molecule has 0 atom stereocenters. The van der Waals surface area contributed by atoms with Crippen molar-refractivity contribution in [1.82, 2.24) is 18.7 Å². The third-order valence-corrected chi connectivity index (χ3v) is 3.66. The quantitative estimate of drug-likeness (QED) is 0.575. The number of aromatic nitrogens is 4. The molecule has 0 aliphatic rings. The first-order valence-electron chi connectivity index (χ1n) is 5.79. The number of rotatable bonds is 1. The fraction of sp³-hybridized carbons (Fsp3) is 0. The monoisotopic (exact) mass is 267 g/mol. The fourth-order valence-corrected chi connectivity index (χ4v) is 2.88. The van der Waals surface area contributed by atoms with E-state index in [9.17, 15) is 0 Å². The van der Waals surface area contributed by atoms with Crippen molar-refractivity contribution in [1.29, 1.82) is 0 Å². The van der Waals surface area contributed by atoms with Gasteiger partial charge in [0.05, 0.1) is 11.0 Å². The van der Waals surface area contributed by atoms with E-state index in [0.717, 1.165) is 27.5 Å². The molecule has 3 aromatic heterocycles. The van der Waals surface area contributed by atoms with Crippen LogP contribution in [0, 0.1) is 0 Å². The van der Waals surface area contributed by atoms with Crippen LogP contribution in [0.4, 0.5) is 5.82 Å². The van der Waals surface area contributed by atoms with E-state index in [1.165, 1.54) is 11.5 Å². The first-order valence-corrected chi connectivity index (χ1v) is 6.56. The molecule has 0 saturated carbocycles. The summed E-state index contributed by atoms with van der Waals surface area (Å²) in [6.07, 6.45) is 0. The second-order valence-electron chi connectivity index (χ2n) is 4.17. The van der Waals surface area contributed by atoms with Crippen molar-refractivity contribution in [3.05, 3.63) is 42.5 Å². The number of nitrogens with two attached hydrogens (primary N) is 1. The van der Waals surface area contributed by atoms with Crippen LogP contribution in [-0.2, 0) is 0 Å². The number of imidazole rings is 1. The van der Waals surface area contributed by atoms with Crippen molar-refractivity contribution in [3.63, 3.8) is 0 Å². The molecule has 5 nitrogen and oxygen atoms in total. The lowest BCUT2D eigenvalue weighted by Gasteiger charge is -1.99. The standard InChI is InChI=1S/C13H9N5S/c14-11-7-3-5-9(15-11)12-17-19-13-16-8-4-1-2-6-10(8)18(12)13/h1-7H,(H2,14,15). The topological polar surface area (TPSA) is 69.1 Å². The van der Waals surface area contributed by atoms with Crippen molar-refractivity contribution in [3.8, 4) is 11.5 Å². The molecule has 4 aromatic rings. The van der Waals surface area contributed by atoms with Gasteiger partial charge in [-0.3, -0.25) is 4.40 Å². The lowest BCUT2D eigenvalue weighted by atomic mass is 10.3. The lowest BCUT2D eigenvalue weighted by Crippen LogP contribution is -1.94. The van der Waals surface area contributed by atoms with Gasteiger partial charge >= 0.3 is 0 Å². The summed E-state index contributed by atoms with van der Waals surface area (Å²) in [5, 5.41) is 0. The summed E-state index contributed by atoms with van der Waals surface area (Å²) in [6, 6.07) is 13.5. The molecule has 0 radical (unpaired) electrons. The van der Waals surface area contributed by atoms with E-state index in [4.69, 9.17) is 5.73 Å². The molecule has 2 N–H and O–H groups in total. The highest BCUT2D eigenvalue weighted by atomic mass is 32.1. The van der Waals surface area contributed by atoms with Crippen LogP contribution in [-0.4, -0.2) is 18.7 Å². The molecule has 0 unspecified atom stereocenters. The highest BCUT2D eigenvalue weighted by molar-refractivity contribution is 7.11. The molecule has 3 heterocycles. The molecule has 4 rings (SSSR count). The fourth-order valence-electron chi connectivity index (χ4n) is 2.13. The van der Waals surface area contributed by atoms with Crippen molar-refractivity contribution >= 4 is 33.3 Å². The molecular formula is C13H9N5S. The third kappa shape index (κ3) is 1.50. The van der Waals surface area contributed by atoms with E-state index < -0.39 is 0 Å². The third-order valence-electron chi connectivity index (χ3n) is 2.96. The van der Waals surface area contributed by atoms with E-state index in [1.807, 2.05) is 40.8 Å². The average Bonchev–Trinajstić information content (AvgIpc) is 2.97. The van der Waals surface area contributed by atoms with Crippen LogP contribution < -0.4 is 5.73 Å². The molecule has 0 amide bonds. The summed E-state index contributed by atoms with van der Waals surface area (Å²) < 4.78 is 6.46. The molecule has 0 aliphatic carbocycles. The SMILES string of the molecule is Nc1cccc(-c2nsc3nc4ccccc4n23)n1. The van der Waals surface area contributed by atoms with Crippen LogP contribution in [0.15, 0.2) is 42.5 Å². The van der Waals surface area contributed by atoms with E-state index in [-0.39, 0.29) is 0 Å². The largest absolute Gasteiger partial charge is 0.384 e.